The largest absolute Gasteiger partial charge is 0.348 e. The van der Waals surface area contributed by atoms with E-state index in [1.807, 2.05) is 24.3 Å². The number of hydrogen-bond donors (Lipinski definition) is 0. The molecule has 2 heterocycles. The molecule has 1 aliphatic rings. The summed E-state index contributed by atoms with van der Waals surface area (Å²) in [6, 6.07) is 13.6. The maximum absolute atomic E-state index is 13.7. The van der Waals surface area contributed by atoms with Crippen LogP contribution in [0, 0.1) is 11.2 Å². The second-order valence-electron chi connectivity index (χ2n) is 8.78. The van der Waals surface area contributed by atoms with E-state index in [1.165, 1.54) is 24.5 Å². The van der Waals surface area contributed by atoms with E-state index in [1.54, 1.807) is 42.4 Å². The Kier molecular flexibility index (Phi) is 6.49. The highest BCUT2D eigenvalue weighted by Crippen LogP contribution is 2.38. The van der Waals surface area contributed by atoms with Crippen molar-refractivity contribution in [3.63, 3.8) is 0 Å². The summed E-state index contributed by atoms with van der Waals surface area (Å²) in [5.41, 5.74) is 2.37. The quantitative estimate of drug-likeness (QED) is 0.597. The lowest BCUT2D eigenvalue weighted by molar-refractivity contribution is -0.142. The number of rotatable bonds is 5. The van der Waals surface area contributed by atoms with E-state index in [0.29, 0.717) is 31.4 Å². The topological polar surface area (TPSA) is 66.4 Å². The normalized spacial score (nSPS) is 18.1. The van der Waals surface area contributed by atoms with Gasteiger partial charge in [-0.3, -0.25) is 9.59 Å². The van der Waals surface area contributed by atoms with Crippen molar-refractivity contribution in [1.29, 1.82) is 0 Å². The number of likely N-dealkylation sites (tertiary alicyclic amines) is 1. The molecule has 33 heavy (non-hydrogen) atoms. The van der Waals surface area contributed by atoms with Gasteiger partial charge < -0.3 is 9.80 Å². The van der Waals surface area contributed by atoms with Gasteiger partial charge in [-0.15, -0.1) is 0 Å². The van der Waals surface area contributed by atoms with Crippen molar-refractivity contribution in [1.82, 2.24) is 19.8 Å². The summed E-state index contributed by atoms with van der Waals surface area (Å²) in [6.45, 7) is 0.810. The monoisotopic (exact) mass is 446 g/mol. The van der Waals surface area contributed by atoms with E-state index in [4.69, 9.17) is 0 Å². The molecular weight excluding hydrogens is 419 g/mol. The summed E-state index contributed by atoms with van der Waals surface area (Å²) in [6.07, 6.45) is 6.83. The minimum atomic E-state index is -0.781. The lowest BCUT2D eigenvalue weighted by atomic mass is 9.73. The summed E-state index contributed by atoms with van der Waals surface area (Å²) in [7, 11) is 3.49. The fourth-order valence-electron chi connectivity index (χ4n) is 4.74. The van der Waals surface area contributed by atoms with E-state index in [0.717, 1.165) is 16.7 Å². The second kappa shape index (κ2) is 9.48. The highest BCUT2D eigenvalue weighted by atomic mass is 19.1. The molecule has 0 unspecified atom stereocenters. The van der Waals surface area contributed by atoms with Gasteiger partial charge >= 0.3 is 0 Å². The Hall–Kier alpha value is -3.61. The van der Waals surface area contributed by atoms with Crippen molar-refractivity contribution in [2.75, 3.05) is 27.2 Å². The van der Waals surface area contributed by atoms with E-state index >= 15 is 0 Å². The number of nitrogens with zero attached hydrogens (tertiary/aromatic N) is 4. The molecule has 0 N–H and O–H groups in total. The molecule has 3 aromatic rings. The molecule has 0 bridgehead atoms. The Bertz CT molecular complexity index is 1150. The van der Waals surface area contributed by atoms with Crippen molar-refractivity contribution in [3.8, 4) is 11.1 Å². The maximum atomic E-state index is 13.7. The fraction of sp³-hybridized carbons (Fsp3) is 0.308. The van der Waals surface area contributed by atoms with Crippen molar-refractivity contribution in [2.24, 2.45) is 5.41 Å². The van der Waals surface area contributed by atoms with Crippen LogP contribution in [-0.4, -0.2) is 58.8 Å². The minimum absolute atomic E-state index is 0.0154. The third-order valence-corrected chi connectivity index (χ3v) is 6.21. The minimum Gasteiger partial charge on any atom is -0.348 e. The van der Waals surface area contributed by atoms with Crippen LogP contribution in [-0.2, 0) is 11.2 Å². The smallest absolute Gasteiger partial charge is 0.253 e. The van der Waals surface area contributed by atoms with Gasteiger partial charge in [0.25, 0.3) is 5.91 Å². The first-order valence-electron chi connectivity index (χ1n) is 11.0. The lowest BCUT2D eigenvalue weighted by Gasteiger charge is -2.43. The molecule has 170 valence electrons. The first kappa shape index (κ1) is 22.6. The molecule has 6 nitrogen and oxygen atoms in total. The molecule has 1 aromatic heterocycles. The number of piperidine rings is 1. The SMILES string of the molecule is CN(C)C(=O)[C@@]1(Cc2ccccc2-c2cncnc2)CCCN(C(=O)c2cccc(F)c2)C1. The standard InChI is InChI=1S/C26H27FN4O2/c1-30(2)25(33)26(14-20-7-3-4-10-23(20)21-15-28-18-29-16-21)11-6-12-31(17-26)24(32)19-8-5-9-22(27)13-19/h3-5,7-10,13,15-16,18H,6,11-12,14,17H2,1-2H3/t26-/m1/s1. The van der Waals surface area contributed by atoms with Gasteiger partial charge in [0.15, 0.2) is 0 Å². The predicted molar refractivity (Wildman–Crippen MR) is 124 cm³/mol. The van der Waals surface area contributed by atoms with Crippen molar-refractivity contribution < 1.29 is 14.0 Å². The lowest BCUT2D eigenvalue weighted by Crippen LogP contribution is -2.54. The van der Waals surface area contributed by atoms with Gasteiger partial charge in [-0.25, -0.2) is 14.4 Å². The Morgan fingerprint density at radius 3 is 2.58 bits per heavy atom. The van der Waals surface area contributed by atoms with Crippen LogP contribution in [0.3, 0.4) is 0 Å². The summed E-state index contributed by atoms with van der Waals surface area (Å²) < 4.78 is 13.7. The summed E-state index contributed by atoms with van der Waals surface area (Å²) in [5.74, 6) is -0.722. The molecule has 1 saturated heterocycles. The van der Waals surface area contributed by atoms with Crippen molar-refractivity contribution in [3.05, 3.63) is 84.2 Å². The number of amides is 2. The molecule has 2 aromatic carbocycles. The third kappa shape index (κ3) is 4.77. The van der Waals surface area contributed by atoms with E-state index in [9.17, 15) is 14.0 Å². The predicted octanol–water partition coefficient (Wildman–Crippen LogP) is 3.84. The van der Waals surface area contributed by atoms with Gasteiger partial charge in [-0.1, -0.05) is 30.3 Å². The van der Waals surface area contributed by atoms with Gasteiger partial charge in [-0.2, -0.15) is 0 Å². The average molecular weight is 447 g/mol. The van der Waals surface area contributed by atoms with Crippen LogP contribution in [0.25, 0.3) is 11.1 Å². The van der Waals surface area contributed by atoms with Crippen LogP contribution in [0.4, 0.5) is 4.39 Å². The molecule has 0 aliphatic carbocycles. The van der Waals surface area contributed by atoms with Crippen LogP contribution in [0.5, 0.6) is 0 Å². The first-order chi connectivity index (χ1) is 15.9. The summed E-state index contributed by atoms with van der Waals surface area (Å²) in [4.78, 5) is 38.3. The summed E-state index contributed by atoms with van der Waals surface area (Å²) in [5, 5.41) is 0. The highest BCUT2D eigenvalue weighted by Gasteiger charge is 2.44. The van der Waals surface area contributed by atoms with Gasteiger partial charge in [0.2, 0.25) is 5.91 Å². The number of carbonyl (C=O) groups excluding carboxylic acids is 2. The molecule has 1 fully saturated rings. The van der Waals surface area contributed by atoms with Crippen LogP contribution in [0.2, 0.25) is 0 Å². The molecular formula is C26H27FN4O2. The second-order valence-corrected chi connectivity index (χ2v) is 8.78. The number of aromatic nitrogens is 2. The Balaban J connectivity index is 1.70. The van der Waals surface area contributed by atoms with E-state index in [2.05, 4.69) is 9.97 Å². The van der Waals surface area contributed by atoms with E-state index < -0.39 is 11.2 Å². The molecule has 0 spiro atoms. The number of benzene rings is 2. The van der Waals surface area contributed by atoms with Crippen LogP contribution in [0.1, 0.15) is 28.8 Å². The molecule has 2 amide bonds. The van der Waals surface area contributed by atoms with Crippen LogP contribution >= 0.6 is 0 Å². The number of carbonyl (C=O) groups is 2. The fourth-order valence-corrected chi connectivity index (χ4v) is 4.74. The zero-order valence-corrected chi connectivity index (χ0v) is 18.9. The Labute approximate surface area is 193 Å². The van der Waals surface area contributed by atoms with Gasteiger partial charge in [0.1, 0.15) is 12.1 Å². The Morgan fingerprint density at radius 1 is 1.09 bits per heavy atom. The van der Waals surface area contributed by atoms with Gasteiger partial charge in [0, 0.05) is 50.7 Å². The molecule has 1 atom stereocenters. The number of halogens is 1. The van der Waals surface area contributed by atoms with Gasteiger partial charge in [-0.05, 0) is 48.6 Å². The van der Waals surface area contributed by atoms with Crippen LogP contribution in [0.15, 0.2) is 67.3 Å². The van der Waals surface area contributed by atoms with Gasteiger partial charge in [0.05, 0.1) is 5.41 Å². The van der Waals surface area contributed by atoms with Crippen molar-refractivity contribution >= 4 is 11.8 Å². The molecule has 4 rings (SSSR count). The first-order valence-corrected chi connectivity index (χ1v) is 11.0. The van der Waals surface area contributed by atoms with E-state index in [-0.39, 0.29) is 18.4 Å². The summed E-state index contributed by atoms with van der Waals surface area (Å²) >= 11 is 0. The number of hydrogen-bond acceptors (Lipinski definition) is 4. The maximum Gasteiger partial charge on any atom is 0.253 e. The van der Waals surface area contributed by atoms with Crippen LogP contribution < -0.4 is 0 Å². The molecule has 7 heteroatoms. The average Bonchev–Trinajstić information content (AvgIpc) is 2.84. The zero-order chi connectivity index (χ0) is 23.4. The van der Waals surface area contributed by atoms with Crippen molar-refractivity contribution in [2.45, 2.75) is 19.3 Å². The third-order valence-electron chi connectivity index (χ3n) is 6.21. The zero-order valence-electron chi connectivity index (χ0n) is 18.9. The highest BCUT2D eigenvalue weighted by molar-refractivity contribution is 5.95. The Morgan fingerprint density at radius 2 is 1.85 bits per heavy atom. The molecule has 0 saturated carbocycles. The molecule has 1 aliphatic heterocycles. The molecule has 0 radical (unpaired) electrons.